The van der Waals surface area contributed by atoms with Crippen LogP contribution in [0, 0.1) is 37.0 Å². The molecule has 0 aliphatic carbocycles. The molecule has 0 aromatic carbocycles. The van der Waals surface area contributed by atoms with Crippen molar-refractivity contribution < 1.29 is 37.3 Å². The normalized spacial score (nSPS) is 10.5. The van der Waals surface area contributed by atoms with Crippen molar-refractivity contribution in [3.05, 3.63) is 0 Å². The second-order valence-electron chi connectivity index (χ2n) is 4.26. The number of alkyl halides is 3. The fraction of sp³-hybridized carbons (Fsp3) is 0.533. The first kappa shape index (κ1) is 24.0. The second kappa shape index (κ2) is 13.2. The highest BCUT2D eigenvalue weighted by atomic mass is 19.4. The first-order valence-electron chi connectivity index (χ1n) is 6.25. The maximum absolute atomic E-state index is 10.6. The van der Waals surface area contributed by atoms with Crippen molar-refractivity contribution in [2.45, 2.75) is 11.7 Å². The molecule has 0 amide bonds. The molecule has 0 aromatic rings. The van der Waals surface area contributed by atoms with E-state index in [0.29, 0.717) is 0 Å². The zero-order chi connectivity index (χ0) is 19.1. The molecular weight excluding hydrogens is 331 g/mol. The lowest BCUT2D eigenvalue weighted by Crippen LogP contribution is -2.53. The Balaban J connectivity index is 0. The van der Waals surface area contributed by atoms with Crippen LogP contribution in [0.2, 0.25) is 0 Å². The van der Waals surface area contributed by atoms with Gasteiger partial charge in [0, 0.05) is 0 Å². The van der Waals surface area contributed by atoms with Crippen molar-refractivity contribution in [1.82, 2.24) is 0 Å². The van der Waals surface area contributed by atoms with E-state index in [0.717, 1.165) is 0 Å². The van der Waals surface area contributed by atoms with Gasteiger partial charge in [-0.3, -0.25) is 0 Å². The maximum Gasteiger partial charge on any atom is 0.490 e. The van der Waals surface area contributed by atoms with Crippen LogP contribution in [-0.4, -0.2) is 62.4 Å². The lowest BCUT2D eigenvalue weighted by Gasteiger charge is -2.27. The third kappa shape index (κ3) is 14.7. The van der Waals surface area contributed by atoms with E-state index < -0.39 is 17.7 Å². The Hall–Kier alpha value is -2.22. The lowest BCUT2D eigenvalue weighted by atomic mass is 10.1. The Morgan fingerprint density at radius 2 is 1.17 bits per heavy atom. The van der Waals surface area contributed by atoms with E-state index in [1.165, 1.54) is 0 Å². The summed E-state index contributed by atoms with van der Waals surface area (Å²) in [5.41, 5.74) is 5.24. The van der Waals surface area contributed by atoms with Crippen molar-refractivity contribution in [3.8, 4) is 37.0 Å². The number of rotatable bonds is 9. The van der Waals surface area contributed by atoms with Crippen LogP contribution in [0.25, 0.3) is 0 Å². The van der Waals surface area contributed by atoms with Gasteiger partial charge in [0.15, 0.2) is 0 Å². The van der Waals surface area contributed by atoms with E-state index >= 15 is 0 Å². The number of nitrogens with two attached hydrogens (primary N) is 1. The van der Waals surface area contributed by atoms with Gasteiger partial charge in [0.25, 0.3) is 0 Å². The van der Waals surface area contributed by atoms with E-state index in [1.807, 2.05) is 0 Å². The fourth-order valence-electron chi connectivity index (χ4n) is 1.06. The maximum atomic E-state index is 10.6. The molecule has 0 spiro atoms. The third-order valence-corrected chi connectivity index (χ3v) is 1.97. The number of carboxylic acid groups (broad SMARTS) is 1. The summed E-state index contributed by atoms with van der Waals surface area (Å²) in [7, 11) is 0. The van der Waals surface area contributed by atoms with E-state index in [4.69, 9.17) is 49.1 Å². The van der Waals surface area contributed by atoms with E-state index in [9.17, 15) is 13.2 Å². The molecule has 0 heterocycles. The highest BCUT2D eigenvalue weighted by Gasteiger charge is 2.38. The summed E-state index contributed by atoms with van der Waals surface area (Å²) in [6.07, 6.45) is 10.1. The van der Waals surface area contributed by atoms with Crippen molar-refractivity contribution in [1.29, 1.82) is 0 Å². The molecule has 0 aromatic heterocycles. The predicted octanol–water partition coefficient (Wildman–Crippen LogP) is 0.267. The van der Waals surface area contributed by atoms with Crippen molar-refractivity contribution in [2.75, 3.05) is 39.6 Å². The van der Waals surface area contributed by atoms with Gasteiger partial charge in [0.2, 0.25) is 0 Å². The van der Waals surface area contributed by atoms with Crippen LogP contribution >= 0.6 is 0 Å². The first-order valence-corrected chi connectivity index (χ1v) is 6.25. The van der Waals surface area contributed by atoms with Crippen molar-refractivity contribution in [2.24, 2.45) is 5.73 Å². The summed E-state index contributed by atoms with van der Waals surface area (Å²) in [6.45, 7) is 1.20. The second-order valence-corrected chi connectivity index (χ2v) is 4.26. The van der Waals surface area contributed by atoms with Crippen LogP contribution in [-0.2, 0) is 19.0 Å². The van der Waals surface area contributed by atoms with Crippen LogP contribution in [0.3, 0.4) is 0 Å². The number of halogens is 3. The van der Waals surface area contributed by atoms with Gasteiger partial charge in [-0.15, -0.1) is 19.3 Å². The summed E-state index contributed by atoms with van der Waals surface area (Å²) < 4.78 is 47.3. The number of hydrogen-bond donors (Lipinski definition) is 2. The summed E-state index contributed by atoms with van der Waals surface area (Å²) in [6, 6.07) is 0. The van der Waals surface area contributed by atoms with Crippen LogP contribution in [0.5, 0.6) is 0 Å². The quantitative estimate of drug-likeness (QED) is 0.459. The standard InChI is InChI=1S/C13H17NO3.C2HF3O2/c1-4-7-15-10-13(14,11-16-8-5-2)12-17-9-6-3;3-2(4,5)1(6)7/h1-3H,7-12,14H2;(H,6,7). The van der Waals surface area contributed by atoms with Crippen LogP contribution < -0.4 is 5.73 Å². The third-order valence-electron chi connectivity index (χ3n) is 1.97. The number of terminal acetylenes is 3. The van der Waals surface area contributed by atoms with E-state index in [-0.39, 0.29) is 39.6 Å². The number of aliphatic carboxylic acids is 1. The van der Waals surface area contributed by atoms with Gasteiger partial charge in [0.1, 0.15) is 19.8 Å². The molecule has 0 aliphatic heterocycles. The SMILES string of the molecule is C#CCOCC(N)(COCC#C)COCC#C.O=C(O)C(F)(F)F. The minimum Gasteiger partial charge on any atom is -0.475 e. The summed E-state index contributed by atoms with van der Waals surface area (Å²) in [4.78, 5) is 8.90. The largest absolute Gasteiger partial charge is 0.490 e. The summed E-state index contributed by atoms with van der Waals surface area (Å²) in [5, 5.41) is 7.12. The highest BCUT2D eigenvalue weighted by Crippen LogP contribution is 2.13. The molecule has 0 saturated heterocycles. The average molecular weight is 349 g/mol. The first-order chi connectivity index (χ1) is 11.1. The molecule has 24 heavy (non-hydrogen) atoms. The smallest absolute Gasteiger partial charge is 0.475 e. The van der Waals surface area contributed by atoms with Crippen molar-refractivity contribution >= 4 is 5.97 Å². The molecule has 0 radical (unpaired) electrons. The van der Waals surface area contributed by atoms with Gasteiger partial charge in [-0.1, -0.05) is 17.8 Å². The Labute approximate surface area is 138 Å². The van der Waals surface area contributed by atoms with Crippen molar-refractivity contribution in [3.63, 3.8) is 0 Å². The van der Waals surface area contributed by atoms with Crippen LogP contribution in [0.1, 0.15) is 0 Å². The molecule has 0 bridgehead atoms. The Morgan fingerprint density at radius 1 is 0.917 bits per heavy atom. The predicted molar refractivity (Wildman–Crippen MR) is 79.6 cm³/mol. The fourth-order valence-corrected chi connectivity index (χ4v) is 1.06. The monoisotopic (exact) mass is 349 g/mol. The van der Waals surface area contributed by atoms with Gasteiger partial charge in [-0.2, -0.15) is 13.2 Å². The van der Waals surface area contributed by atoms with Gasteiger partial charge >= 0.3 is 12.1 Å². The van der Waals surface area contributed by atoms with Gasteiger partial charge in [-0.25, -0.2) is 4.79 Å². The van der Waals surface area contributed by atoms with Crippen LogP contribution in [0.15, 0.2) is 0 Å². The van der Waals surface area contributed by atoms with Gasteiger partial charge < -0.3 is 25.1 Å². The Bertz CT molecular complexity index is 435. The zero-order valence-corrected chi connectivity index (χ0v) is 12.8. The molecule has 0 atom stereocenters. The molecular formula is C15H18F3NO5. The number of hydrogen-bond acceptors (Lipinski definition) is 5. The highest BCUT2D eigenvalue weighted by molar-refractivity contribution is 5.73. The average Bonchev–Trinajstić information content (AvgIpc) is 2.48. The molecule has 0 aliphatic rings. The Kier molecular flexibility index (Phi) is 13.3. The summed E-state index contributed by atoms with van der Waals surface area (Å²) in [5.74, 6) is 4.30. The topological polar surface area (TPSA) is 91.0 Å². The minimum atomic E-state index is -5.08. The molecule has 3 N–H and O–H groups in total. The molecule has 0 unspecified atom stereocenters. The zero-order valence-electron chi connectivity index (χ0n) is 12.8. The molecule has 0 saturated carbocycles. The molecule has 0 rings (SSSR count). The number of ether oxygens (including phenoxy) is 3. The van der Waals surface area contributed by atoms with E-state index in [1.54, 1.807) is 0 Å². The lowest BCUT2D eigenvalue weighted by molar-refractivity contribution is -0.192. The van der Waals surface area contributed by atoms with Crippen LogP contribution in [0.4, 0.5) is 13.2 Å². The molecule has 0 fully saturated rings. The number of carboxylic acids is 1. The van der Waals surface area contributed by atoms with Gasteiger partial charge in [-0.05, 0) is 0 Å². The molecule has 9 heteroatoms. The summed E-state index contributed by atoms with van der Waals surface area (Å²) >= 11 is 0. The van der Waals surface area contributed by atoms with Gasteiger partial charge in [0.05, 0.1) is 25.4 Å². The minimum absolute atomic E-state index is 0.184. The molecule has 134 valence electrons. The van der Waals surface area contributed by atoms with E-state index in [2.05, 4.69) is 17.8 Å². The number of carbonyl (C=O) groups is 1. The molecule has 6 nitrogen and oxygen atoms in total. The Morgan fingerprint density at radius 3 is 1.33 bits per heavy atom.